The minimum atomic E-state index is -0.465. The number of hydrogen-bond donors (Lipinski definition) is 2. The fourth-order valence-corrected chi connectivity index (χ4v) is 3.57. The van der Waals surface area contributed by atoms with Crippen molar-refractivity contribution >= 4 is 5.91 Å². The van der Waals surface area contributed by atoms with E-state index in [1.165, 1.54) is 5.56 Å². The Kier molecular flexibility index (Phi) is 6.40. The van der Waals surface area contributed by atoms with E-state index < -0.39 is 5.69 Å². The highest BCUT2D eigenvalue weighted by atomic mass is 16.2. The van der Waals surface area contributed by atoms with Crippen LogP contribution < -0.4 is 11.0 Å². The van der Waals surface area contributed by atoms with Crippen LogP contribution in [-0.4, -0.2) is 40.4 Å². The summed E-state index contributed by atoms with van der Waals surface area (Å²) in [6, 6.07) is 12.1. The lowest BCUT2D eigenvalue weighted by atomic mass is 10.1. The van der Waals surface area contributed by atoms with Crippen molar-refractivity contribution in [2.75, 3.05) is 19.6 Å². The summed E-state index contributed by atoms with van der Waals surface area (Å²) >= 11 is 0. The summed E-state index contributed by atoms with van der Waals surface area (Å²) in [5.74, 6) is 0.551. The fraction of sp³-hybridized carbons (Fsp3) is 0.476. The number of nitrogens with one attached hydrogen (secondary N) is 2. The molecule has 1 aliphatic rings. The third-order valence-corrected chi connectivity index (χ3v) is 4.83. The van der Waals surface area contributed by atoms with Crippen LogP contribution in [-0.2, 0) is 13.0 Å². The van der Waals surface area contributed by atoms with Crippen LogP contribution in [0.3, 0.4) is 0 Å². The predicted molar refractivity (Wildman–Crippen MR) is 106 cm³/mol. The largest absolute Gasteiger partial charge is 0.350 e. The summed E-state index contributed by atoms with van der Waals surface area (Å²) in [6.07, 6.45) is 1.78. The third kappa shape index (κ3) is 5.76. The number of aromatic nitrogens is 2. The highest BCUT2D eigenvalue weighted by Crippen LogP contribution is 2.18. The molecule has 0 bridgehead atoms. The van der Waals surface area contributed by atoms with Crippen molar-refractivity contribution in [3.63, 3.8) is 0 Å². The summed E-state index contributed by atoms with van der Waals surface area (Å²) in [7, 11) is 0. The molecule has 0 saturated carbocycles. The normalized spacial score (nSPS) is 17.4. The molecule has 6 heteroatoms. The Morgan fingerprint density at radius 3 is 2.85 bits per heavy atom. The minimum absolute atomic E-state index is 0.202. The number of carbonyl (C=O) groups excluding carboxylic acids is 1. The molecule has 0 radical (unpaired) electrons. The quantitative estimate of drug-likeness (QED) is 0.786. The van der Waals surface area contributed by atoms with Gasteiger partial charge in [-0.1, -0.05) is 44.2 Å². The Balaban J connectivity index is 1.51. The zero-order valence-corrected chi connectivity index (χ0v) is 16.1. The Morgan fingerprint density at radius 2 is 2.11 bits per heavy atom. The fourth-order valence-electron chi connectivity index (χ4n) is 3.57. The molecular weight excluding hydrogens is 340 g/mol. The molecule has 27 heavy (non-hydrogen) atoms. The minimum Gasteiger partial charge on any atom is -0.350 e. The predicted octanol–water partition coefficient (Wildman–Crippen LogP) is 2.22. The Morgan fingerprint density at radius 1 is 1.33 bits per heavy atom. The third-order valence-electron chi connectivity index (χ3n) is 4.83. The second-order valence-corrected chi connectivity index (χ2v) is 7.78. The zero-order chi connectivity index (χ0) is 19.2. The maximum atomic E-state index is 12.4. The summed E-state index contributed by atoms with van der Waals surface area (Å²) in [4.78, 5) is 33.1. The standard InChI is InChI=1S/C21H28N4O2/c1-15(2)10-18-11-19(24-21(27)23-18)20(26)22-12-17-8-9-25(14-17)13-16-6-4-3-5-7-16/h3-7,11,15,17H,8-10,12-14H2,1-2H3,(H,22,26)(H,23,24,27)/t17-/m0/s1. The van der Waals surface area contributed by atoms with Gasteiger partial charge in [-0.3, -0.25) is 9.69 Å². The van der Waals surface area contributed by atoms with Crippen molar-refractivity contribution < 1.29 is 4.79 Å². The molecule has 2 heterocycles. The van der Waals surface area contributed by atoms with Crippen LogP contribution in [0.2, 0.25) is 0 Å². The maximum Gasteiger partial charge on any atom is 0.345 e. The first-order valence-corrected chi connectivity index (χ1v) is 9.64. The molecule has 2 N–H and O–H groups in total. The SMILES string of the molecule is CC(C)Cc1cc(C(=O)NC[C@@H]2CCN(Cc3ccccc3)C2)nc(=O)[nH]1. The molecule has 0 aliphatic carbocycles. The van der Waals surface area contributed by atoms with Gasteiger partial charge in [-0.15, -0.1) is 0 Å². The molecule has 3 rings (SSSR count). The van der Waals surface area contributed by atoms with E-state index >= 15 is 0 Å². The molecule has 144 valence electrons. The second kappa shape index (κ2) is 8.95. The molecule has 1 aromatic heterocycles. The summed E-state index contributed by atoms with van der Waals surface area (Å²) in [5, 5.41) is 2.95. The average Bonchev–Trinajstić information content (AvgIpc) is 3.07. The number of nitrogens with zero attached hydrogens (tertiary/aromatic N) is 2. The monoisotopic (exact) mass is 368 g/mol. The van der Waals surface area contributed by atoms with Crippen molar-refractivity contribution in [3.05, 3.63) is 63.8 Å². The smallest absolute Gasteiger partial charge is 0.345 e. The van der Waals surface area contributed by atoms with E-state index in [-0.39, 0.29) is 11.6 Å². The number of H-pyrrole nitrogens is 1. The van der Waals surface area contributed by atoms with Gasteiger partial charge in [0.1, 0.15) is 5.69 Å². The first kappa shape index (κ1) is 19.3. The number of amides is 1. The molecule has 1 aliphatic heterocycles. The maximum absolute atomic E-state index is 12.4. The number of likely N-dealkylation sites (tertiary alicyclic amines) is 1. The highest BCUT2D eigenvalue weighted by Gasteiger charge is 2.23. The van der Waals surface area contributed by atoms with Gasteiger partial charge >= 0.3 is 5.69 Å². The summed E-state index contributed by atoms with van der Waals surface area (Å²) in [6.45, 7) is 7.70. The number of aromatic amines is 1. The van der Waals surface area contributed by atoms with Gasteiger partial charge in [0, 0.05) is 25.3 Å². The van der Waals surface area contributed by atoms with Gasteiger partial charge < -0.3 is 10.3 Å². The van der Waals surface area contributed by atoms with Crippen molar-refractivity contribution in [1.29, 1.82) is 0 Å². The van der Waals surface area contributed by atoms with E-state index in [1.807, 2.05) is 6.07 Å². The average molecular weight is 368 g/mol. The van der Waals surface area contributed by atoms with E-state index in [1.54, 1.807) is 6.07 Å². The number of carbonyl (C=O) groups is 1. The van der Waals surface area contributed by atoms with Gasteiger partial charge in [-0.2, -0.15) is 4.98 Å². The van der Waals surface area contributed by atoms with Gasteiger partial charge in [-0.25, -0.2) is 4.79 Å². The lowest BCUT2D eigenvalue weighted by Crippen LogP contribution is -2.33. The molecule has 1 fully saturated rings. The van der Waals surface area contributed by atoms with Gasteiger partial charge in [0.05, 0.1) is 0 Å². The van der Waals surface area contributed by atoms with Crippen molar-refractivity contribution in [2.24, 2.45) is 11.8 Å². The van der Waals surface area contributed by atoms with Crippen LogP contribution in [0.4, 0.5) is 0 Å². The molecule has 0 unspecified atom stereocenters. The van der Waals surface area contributed by atoms with Crippen molar-refractivity contribution in [3.8, 4) is 0 Å². The van der Waals surface area contributed by atoms with E-state index in [9.17, 15) is 9.59 Å². The van der Waals surface area contributed by atoms with Crippen LogP contribution >= 0.6 is 0 Å². The van der Waals surface area contributed by atoms with E-state index in [4.69, 9.17) is 0 Å². The zero-order valence-electron chi connectivity index (χ0n) is 16.1. The Hall–Kier alpha value is -2.47. The van der Waals surface area contributed by atoms with E-state index in [0.29, 0.717) is 18.4 Å². The highest BCUT2D eigenvalue weighted by molar-refractivity contribution is 5.92. The summed E-state index contributed by atoms with van der Waals surface area (Å²) in [5.41, 5.74) is 1.80. The Bertz CT molecular complexity index is 816. The lowest BCUT2D eigenvalue weighted by Gasteiger charge is -2.16. The molecule has 1 saturated heterocycles. The van der Waals surface area contributed by atoms with Crippen LogP contribution in [0.25, 0.3) is 0 Å². The number of hydrogen-bond acceptors (Lipinski definition) is 4. The molecular formula is C21H28N4O2. The van der Waals surface area contributed by atoms with Crippen LogP contribution in [0, 0.1) is 11.8 Å². The number of benzene rings is 1. The number of rotatable bonds is 7. The van der Waals surface area contributed by atoms with Crippen molar-refractivity contribution in [1.82, 2.24) is 20.2 Å². The van der Waals surface area contributed by atoms with Gasteiger partial charge in [0.25, 0.3) is 5.91 Å². The van der Waals surface area contributed by atoms with Crippen molar-refractivity contribution in [2.45, 2.75) is 33.2 Å². The molecule has 1 atom stereocenters. The van der Waals surface area contributed by atoms with Crippen LogP contribution in [0.5, 0.6) is 0 Å². The summed E-state index contributed by atoms with van der Waals surface area (Å²) < 4.78 is 0. The lowest BCUT2D eigenvalue weighted by molar-refractivity contribution is 0.0941. The second-order valence-electron chi connectivity index (χ2n) is 7.78. The Labute approximate surface area is 160 Å². The van der Waals surface area contributed by atoms with Gasteiger partial charge in [0.15, 0.2) is 0 Å². The van der Waals surface area contributed by atoms with Crippen LogP contribution in [0.15, 0.2) is 41.2 Å². The first-order valence-electron chi connectivity index (χ1n) is 9.64. The molecule has 6 nitrogen and oxygen atoms in total. The first-order chi connectivity index (χ1) is 13.0. The molecule has 2 aromatic rings. The molecule has 1 amide bonds. The molecule has 0 spiro atoms. The van der Waals surface area contributed by atoms with E-state index in [2.05, 4.69) is 58.3 Å². The van der Waals surface area contributed by atoms with Crippen LogP contribution in [0.1, 0.15) is 42.0 Å². The topological polar surface area (TPSA) is 78.1 Å². The van der Waals surface area contributed by atoms with E-state index in [0.717, 1.165) is 38.2 Å². The van der Waals surface area contributed by atoms with Gasteiger partial charge in [-0.05, 0) is 42.9 Å². The molecule has 1 aromatic carbocycles. The van der Waals surface area contributed by atoms with Gasteiger partial charge in [0.2, 0.25) is 0 Å².